The number of piperidine rings is 1. The third-order valence-corrected chi connectivity index (χ3v) is 6.56. The van der Waals surface area contributed by atoms with Gasteiger partial charge in [-0.15, -0.1) is 0 Å². The van der Waals surface area contributed by atoms with Crippen molar-refractivity contribution in [3.05, 3.63) is 53.6 Å². The number of ether oxygens (including phenoxy) is 4. The average Bonchev–Trinajstić information content (AvgIpc) is 3.23. The Morgan fingerprint density at radius 1 is 1.03 bits per heavy atom. The molecular formula is C25H30N2O7. The molecule has 2 aliphatic heterocycles. The maximum atomic E-state index is 13.8. The molecule has 9 nitrogen and oxygen atoms in total. The second-order valence-electron chi connectivity index (χ2n) is 8.46. The molecule has 34 heavy (non-hydrogen) atoms. The molecule has 0 radical (unpaired) electrons. The molecular weight excluding hydrogens is 440 g/mol. The van der Waals surface area contributed by atoms with Crippen LogP contribution in [-0.4, -0.2) is 79.6 Å². The number of aliphatic carboxylic acids is 1. The summed E-state index contributed by atoms with van der Waals surface area (Å²) in [5.74, 6) is -0.532. The van der Waals surface area contributed by atoms with Crippen molar-refractivity contribution in [3.63, 3.8) is 0 Å². The van der Waals surface area contributed by atoms with Crippen LogP contribution in [0, 0.1) is 0 Å². The quantitative estimate of drug-likeness (QED) is 0.660. The van der Waals surface area contributed by atoms with Crippen molar-refractivity contribution in [2.45, 2.75) is 31.2 Å². The summed E-state index contributed by atoms with van der Waals surface area (Å²) in [5, 5.41) is 9.87. The first-order chi connectivity index (χ1) is 16.4. The molecule has 0 unspecified atom stereocenters. The van der Waals surface area contributed by atoms with Gasteiger partial charge < -0.3 is 24.1 Å². The Morgan fingerprint density at radius 2 is 1.65 bits per heavy atom. The molecule has 2 saturated heterocycles. The van der Waals surface area contributed by atoms with Crippen LogP contribution in [0.15, 0.2) is 42.5 Å². The lowest BCUT2D eigenvalue weighted by Crippen LogP contribution is -2.58. The number of carboxylic acid groups (broad SMARTS) is 1. The lowest BCUT2D eigenvalue weighted by atomic mass is 9.96. The van der Waals surface area contributed by atoms with Crippen LogP contribution in [0.2, 0.25) is 0 Å². The summed E-state index contributed by atoms with van der Waals surface area (Å²) in [4.78, 5) is 29.5. The molecule has 2 aromatic rings. The standard InChI is InChI=1S/C25H30N2O7/c1-31-20-13-18(14-21(32-2)22(20)33-3)23(28)27-19(24(29)30)16-34-25(27)9-11-26(12-10-25)15-17-7-5-4-6-8-17/h4-8,13-14,19H,9-12,15-16H2,1-3H3,(H,29,30)/t19-/m0/s1. The van der Waals surface area contributed by atoms with E-state index in [0.717, 1.165) is 6.54 Å². The Balaban J connectivity index is 1.61. The first-order valence-corrected chi connectivity index (χ1v) is 11.2. The Labute approximate surface area is 198 Å². The number of nitrogens with zero attached hydrogens (tertiary/aromatic N) is 2. The molecule has 0 aliphatic carbocycles. The van der Waals surface area contributed by atoms with Crippen LogP contribution in [0.3, 0.4) is 0 Å². The van der Waals surface area contributed by atoms with Gasteiger partial charge >= 0.3 is 5.97 Å². The summed E-state index contributed by atoms with van der Waals surface area (Å²) in [6.45, 7) is 2.10. The van der Waals surface area contributed by atoms with Crippen molar-refractivity contribution in [2.24, 2.45) is 0 Å². The van der Waals surface area contributed by atoms with E-state index in [2.05, 4.69) is 17.0 Å². The number of likely N-dealkylation sites (tertiary alicyclic amines) is 1. The summed E-state index contributed by atoms with van der Waals surface area (Å²) in [6.07, 6.45) is 1.03. The molecule has 0 aromatic heterocycles. The highest BCUT2D eigenvalue weighted by molar-refractivity contribution is 5.98. The van der Waals surface area contributed by atoms with Gasteiger partial charge in [0.15, 0.2) is 17.5 Å². The van der Waals surface area contributed by atoms with Gasteiger partial charge in [-0.05, 0) is 17.7 Å². The highest BCUT2D eigenvalue weighted by atomic mass is 16.5. The summed E-state index contributed by atoms with van der Waals surface area (Å²) in [7, 11) is 4.41. The Kier molecular flexibility index (Phi) is 6.95. The first-order valence-electron chi connectivity index (χ1n) is 11.2. The lowest BCUT2D eigenvalue weighted by Gasteiger charge is -2.44. The second-order valence-corrected chi connectivity index (χ2v) is 8.46. The van der Waals surface area contributed by atoms with Crippen LogP contribution in [0.1, 0.15) is 28.8 Å². The third-order valence-electron chi connectivity index (χ3n) is 6.56. The first kappa shape index (κ1) is 23.8. The Bertz CT molecular complexity index is 1010. The minimum atomic E-state index is -1.09. The molecule has 1 atom stereocenters. The zero-order chi connectivity index (χ0) is 24.3. The van der Waals surface area contributed by atoms with E-state index in [4.69, 9.17) is 18.9 Å². The van der Waals surface area contributed by atoms with Crippen molar-refractivity contribution in [1.82, 2.24) is 9.80 Å². The number of hydrogen-bond donors (Lipinski definition) is 1. The number of carbonyl (C=O) groups is 2. The minimum absolute atomic E-state index is 0.0514. The zero-order valence-corrected chi connectivity index (χ0v) is 19.7. The molecule has 1 spiro atoms. The van der Waals surface area contributed by atoms with E-state index in [1.807, 2.05) is 18.2 Å². The van der Waals surface area contributed by atoms with Crippen LogP contribution < -0.4 is 14.2 Å². The highest BCUT2D eigenvalue weighted by Crippen LogP contribution is 2.42. The zero-order valence-electron chi connectivity index (χ0n) is 19.7. The number of methoxy groups -OCH3 is 3. The van der Waals surface area contributed by atoms with E-state index in [-0.39, 0.29) is 12.2 Å². The number of hydrogen-bond acceptors (Lipinski definition) is 7. The number of carboxylic acids is 1. The van der Waals surface area contributed by atoms with E-state index in [9.17, 15) is 14.7 Å². The molecule has 9 heteroatoms. The molecule has 1 N–H and O–H groups in total. The Morgan fingerprint density at radius 3 is 2.18 bits per heavy atom. The maximum Gasteiger partial charge on any atom is 0.328 e. The summed E-state index contributed by atoms with van der Waals surface area (Å²) >= 11 is 0. The van der Waals surface area contributed by atoms with Crippen molar-refractivity contribution in [1.29, 1.82) is 0 Å². The fourth-order valence-electron chi connectivity index (χ4n) is 4.80. The number of amides is 1. The SMILES string of the molecule is COc1cc(C(=O)N2[C@H](C(=O)O)COC23CCN(Cc2ccccc2)CC3)cc(OC)c1OC. The van der Waals surface area contributed by atoms with Crippen molar-refractivity contribution in [3.8, 4) is 17.2 Å². The molecule has 2 fully saturated rings. The van der Waals surface area contributed by atoms with Crippen LogP contribution in [-0.2, 0) is 16.1 Å². The smallest absolute Gasteiger partial charge is 0.328 e. The monoisotopic (exact) mass is 470 g/mol. The molecule has 0 saturated carbocycles. The molecule has 0 bridgehead atoms. The number of rotatable bonds is 7. The normalized spacial score (nSPS) is 19.7. The number of benzene rings is 2. The van der Waals surface area contributed by atoms with Gasteiger partial charge in [0.05, 0.1) is 27.9 Å². The van der Waals surface area contributed by atoms with E-state index in [1.165, 1.54) is 31.8 Å². The summed E-state index contributed by atoms with van der Waals surface area (Å²) in [6, 6.07) is 12.2. The fourth-order valence-corrected chi connectivity index (χ4v) is 4.80. The van der Waals surface area contributed by atoms with Gasteiger partial charge in [-0.2, -0.15) is 0 Å². The van der Waals surface area contributed by atoms with E-state index < -0.39 is 23.6 Å². The van der Waals surface area contributed by atoms with Gasteiger partial charge in [0.1, 0.15) is 5.72 Å². The van der Waals surface area contributed by atoms with Gasteiger partial charge in [-0.3, -0.25) is 14.6 Å². The van der Waals surface area contributed by atoms with Gasteiger partial charge in [-0.1, -0.05) is 30.3 Å². The molecule has 4 rings (SSSR count). The van der Waals surface area contributed by atoms with Crippen molar-refractivity contribution < 1.29 is 33.6 Å². The van der Waals surface area contributed by atoms with Crippen LogP contribution >= 0.6 is 0 Å². The predicted octanol–water partition coefficient (Wildman–Crippen LogP) is 2.63. The fraction of sp³-hybridized carbons (Fsp3) is 0.440. The van der Waals surface area contributed by atoms with Crippen LogP contribution in [0.5, 0.6) is 17.2 Å². The van der Waals surface area contributed by atoms with Crippen LogP contribution in [0.4, 0.5) is 0 Å². The van der Waals surface area contributed by atoms with E-state index >= 15 is 0 Å². The largest absolute Gasteiger partial charge is 0.493 e. The van der Waals surface area contributed by atoms with Gasteiger partial charge in [0.25, 0.3) is 5.91 Å². The highest BCUT2D eigenvalue weighted by Gasteiger charge is 2.54. The third kappa shape index (κ3) is 4.41. The maximum absolute atomic E-state index is 13.8. The topological polar surface area (TPSA) is 97.8 Å². The predicted molar refractivity (Wildman–Crippen MR) is 123 cm³/mol. The van der Waals surface area contributed by atoms with E-state index in [1.54, 1.807) is 12.1 Å². The van der Waals surface area contributed by atoms with Gasteiger partial charge in [0.2, 0.25) is 5.75 Å². The minimum Gasteiger partial charge on any atom is -0.493 e. The van der Waals surface area contributed by atoms with Crippen LogP contribution in [0.25, 0.3) is 0 Å². The second kappa shape index (κ2) is 9.90. The van der Waals surface area contributed by atoms with E-state index in [0.29, 0.717) is 43.2 Å². The average molecular weight is 471 g/mol. The molecule has 2 aromatic carbocycles. The molecule has 1 amide bonds. The van der Waals surface area contributed by atoms with Crippen molar-refractivity contribution in [2.75, 3.05) is 41.0 Å². The van der Waals surface area contributed by atoms with Gasteiger partial charge in [-0.25, -0.2) is 4.79 Å². The number of carbonyl (C=O) groups excluding carboxylic acids is 1. The van der Waals surface area contributed by atoms with Gasteiger partial charge in [0, 0.05) is 38.0 Å². The summed E-state index contributed by atoms with van der Waals surface area (Å²) in [5.41, 5.74) is 0.477. The van der Waals surface area contributed by atoms with Crippen molar-refractivity contribution >= 4 is 11.9 Å². The molecule has 2 heterocycles. The molecule has 182 valence electrons. The molecule has 2 aliphatic rings. The summed E-state index contributed by atoms with van der Waals surface area (Å²) < 4.78 is 22.2. The Hall–Kier alpha value is -3.30. The lowest BCUT2D eigenvalue weighted by molar-refractivity contribution is -0.144.